The number of carbonyl (C=O) groups excluding carboxylic acids is 1. The van der Waals surface area contributed by atoms with E-state index in [0.29, 0.717) is 12.0 Å². The smallest absolute Gasteiger partial charge is 0.136 e. The van der Waals surface area contributed by atoms with Gasteiger partial charge in [-0.05, 0) is 36.5 Å². The van der Waals surface area contributed by atoms with Crippen LogP contribution in [0.2, 0.25) is 0 Å². The van der Waals surface area contributed by atoms with Gasteiger partial charge in [0.05, 0.1) is 6.04 Å². The van der Waals surface area contributed by atoms with Crippen molar-refractivity contribution in [3.05, 3.63) is 29.8 Å². The molecule has 0 radical (unpaired) electrons. The second kappa shape index (κ2) is 4.66. The number of nitrogens with one attached hydrogen (secondary N) is 1. The lowest BCUT2D eigenvalue weighted by Gasteiger charge is -2.20. The van der Waals surface area contributed by atoms with Gasteiger partial charge in [0.15, 0.2) is 0 Å². The van der Waals surface area contributed by atoms with Crippen LogP contribution in [0.1, 0.15) is 31.2 Å². The predicted octanol–water partition coefficient (Wildman–Crippen LogP) is 1.69. The highest BCUT2D eigenvalue weighted by atomic mass is 16.1. The number of nitrogen functional groups attached to an aromatic ring is 1. The summed E-state index contributed by atoms with van der Waals surface area (Å²) in [4.78, 5) is 10.7. The molecule has 86 valence electrons. The van der Waals surface area contributed by atoms with Gasteiger partial charge >= 0.3 is 0 Å². The highest BCUT2D eigenvalue weighted by Crippen LogP contribution is 2.27. The Morgan fingerprint density at radius 1 is 1.50 bits per heavy atom. The Kier molecular flexibility index (Phi) is 3.25. The summed E-state index contributed by atoms with van der Waals surface area (Å²) in [5.74, 6) is 0.397. The molecule has 3 N–H and O–H groups in total. The van der Waals surface area contributed by atoms with Crippen molar-refractivity contribution in [2.75, 3.05) is 5.73 Å². The minimum Gasteiger partial charge on any atom is -0.399 e. The summed E-state index contributed by atoms with van der Waals surface area (Å²) in [5.41, 5.74) is 7.81. The largest absolute Gasteiger partial charge is 0.399 e. The van der Waals surface area contributed by atoms with Crippen molar-refractivity contribution in [1.82, 2.24) is 5.32 Å². The molecule has 1 fully saturated rings. The number of rotatable bonds is 3. The Bertz CT molecular complexity index is 378. The van der Waals surface area contributed by atoms with Crippen LogP contribution in [0.15, 0.2) is 24.3 Å². The topological polar surface area (TPSA) is 55.1 Å². The summed E-state index contributed by atoms with van der Waals surface area (Å²) < 4.78 is 0. The first-order valence-corrected chi connectivity index (χ1v) is 5.77. The predicted molar refractivity (Wildman–Crippen MR) is 65.3 cm³/mol. The Morgan fingerprint density at radius 3 is 2.94 bits per heavy atom. The summed E-state index contributed by atoms with van der Waals surface area (Å²) in [6, 6.07) is 8.41. The molecule has 0 bridgehead atoms. The molecule has 1 aromatic carbocycles. The molecule has 0 spiro atoms. The number of hydrogen-bond donors (Lipinski definition) is 2. The van der Waals surface area contributed by atoms with Crippen LogP contribution in [-0.4, -0.2) is 18.4 Å². The second-order valence-corrected chi connectivity index (χ2v) is 4.55. The third-order valence-corrected chi connectivity index (χ3v) is 3.42. The van der Waals surface area contributed by atoms with Gasteiger partial charge in [0, 0.05) is 11.7 Å². The van der Waals surface area contributed by atoms with Crippen molar-refractivity contribution in [2.45, 2.75) is 37.8 Å². The van der Waals surface area contributed by atoms with Crippen molar-refractivity contribution < 1.29 is 4.79 Å². The summed E-state index contributed by atoms with van der Waals surface area (Å²) >= 11 is 0. The molecular weight excluding hydrogens is 200 g/mol. The minimum atomic E-state index is 0.0357. The maximum Gasteiger partial charge on any atom is 0.136 e. The quantitative estimate of drug-likeness (QED) is 0.599. The molecule has 1 saturated heterocycles. The maximum absolute atomic E-state index is 10.7. The number of aldehydes is 1. The molecule has 0 saturated carbocycles. The molecule has 0 amide bonds. The molecule has 0 aliphatic carbocycles. The SMILES string of the molecule is CC(c1cccc(N)c1)C1CCC(C=O)N1. The number of nitrogens with two attached hydrogens (primary N) is 1. The van der Waals surface area contributed by atoms with Gasteiger partial charge in [-0.2, -0.15) is 0 Å². The summed E-state index contributed by atoms with van der Waals surface area (Å²) in [6.45, 7) is 2.18. The molecule has 0 aromatic heterocycles. The van der Waals surface area contributed by atoms with Gasteiger partial charge in [-0.1, -0.05) is 19.1 Å². The van der Waals surface area contributed by atoms with Crippen LogP contribution in [0.3, 0.4) is 0 Å². The first-order valence-electron chi connectivity index (χ1n) is 5.77. The van der Waals surface area contributed by atoms with E-state index in [1.807, 2.05) is 18.2 Å². The molecule has 1 aliphatic rings. The normalized spacial score (nSPS) is 26.6. The van der Waals surface area contributed by atoms with Crippen LogP contribution >= 0.6 is 0 Å². The van der Waals surface area contributed by atoms with E-state index in [1.54, 1.807) is 0 Å². The summed E-state index contributed by atoms with van der Waals surface area (Å²) in [7, 11) is 0. The highest BCUT2D eigenvalue weighted by molar-refractivity contribution is 5.58. The van der Waals surface area contributed by atoms with E-state index in [2.05, 4.69) is 18.3 Å². The van der Waals surface area contributed by atoms with Gasteiger partial charge in [-0.3, -0.25) is 0 Å². The lowest BCUT2D eigenvalue weighted by molar-refractivity contribution is -0.109. The molecule has 3 atom stereocenters. The van der Waals surface area contributed by atoms with Crippen LogP contribution in [0.5, 0.6) is 0 Å². The number of benzene rings is 1. The first-order chi connectivity index (χ1) is 7.70. The van der Waals surface area contributed by atoms with E-state index in [9.17, 15) is 4.79 Å². The van der Waals surface area contributed by atoms with E-state index < -0.39 is 0 Å². The van der Waals surface area contributed by atoms with Crippen LogP contribution < -0.4 is 11.1 Å². The zero-order valence-corrected chi connectivity index (χ0v) is 9.52. The number of hydrogen-bond acceptors (Lipinski definition) is 3. The average molecular weight is 218 g/mol. The zero-order chi connectivity index (χ0) is 11.5. The fourth-order valence-corrected chi connectivity index (χ4v) is 2.38. The molecule has 1 aromatic rings. The lowest BCUT2D eigenvalue weighted by atomic mass is 9.92. The second-order valence-electron chi connectivity index (χ2n) is 4.55. The standard InChI is InChI=1S/C13H18N2O/c1-9(10-3-2-4-11(14)7-10)13-6-5-12(8-16)15-13/h2-4,7-9,12-13,15H,5-6,14H2,1H3. The van der Waals surface area contributed by atoms with Crippen LogP contribution in [0.4, 0.5) is 5.69 Å². The van der Waals surface area contributed by atoms with E-state index in [0.717, 1.165) is 24.8 Å². The Labute approximate surface area is 96.0 Å². The molecule has 1 heterocycles. The molecule has 3 unspecified atom stereocenters. The fraction of sp³-hybridized carbons (Fsp3) is 0.462. The molecule has 1 aliphatic heterocycles. The van der Waals surface area contributed by atoms with Crippen LogP contribution in [0, 0.1) is 0 Å². The molecule has 16 heavy (non-hydrogen) atoms. The van der Waals surface area contributed by atoms with Gasteiger partial charge in [-0.15, -0.1) is 0 Å². The van der Waals surface area contributed by atoms with Crippen molar-refractivity contribution >= 4 is 12.0 Å². The van der Waals surface area contributed by atoms with Crippen molar-refractivity contribution in [3.63, 3.8) is 0 Å². The Morgan fingerprint density at radius 2 is 2.31 bits per heavy atom. The van der Waals surface area contributed by atoms with Crippen LogP contribution in [0.25, 0.3) is 0 Å². The van der Waals surface area contributed by atoms with E-state index in [1.165, 1.54) is 5.56 Å². The Balaban J connectivity index is 2.08. The minimum absolute atomic E-state index is 0.0357. The van der Waals surface area contributed by atoms with E-state index in [-0.39, 0.29) is 6.04 Å². The third kappa shape index (κ3) is 2.25. The summed E-state index contributed by atoms with van der Waals surface area (Å²) in [6.07, 6.45) is 3.01. The number of anilines is 1. The maximum atomic E-state index is 10.7. The van der Waals surface area contributed by atoms with Crippen LogP contribution in [-0.2, 0) is 4.79 Å². The van der Waals surface area contributed by atoms with Crippen molar-refractivity contribution in [3.8, 4) is 0 Å². The first kappa shape index (κ1) is 11.1. The fourth-order valence-electron chi connectivity index (χ4n) is 2.38. The Hall–Kier alpha value is -1.35. The molecule has 3 nitrogen and oxygen atoms in total. The third-order valence-electron chi connectivity index (χ3n) is 3.42. The molecular formula is C13H18N2O. The molecule has 2 rings (SSSR count). The highest BCUT2D eigenvalue weighted by Gasteiger charge is 2.28. The van der Waals surface area contributed by atoms with Crippen molar-refractivity contribution in [2.24, 2.45) is 0 Å². The van der Waals surface area contributed by atoms with Gasteiger partial charge < -0.3 is 15.8 Å². The van der Waals surface area contributed by atoms with Gasteiger partial charge in [0.1, 0.15) is 6.29 Å². The van der Waals surface area contributed by atoms with Crippen molar-refractivity contribution in [1.29, 1.82) is 0 Å². The molecule has 3 heteroatoms. The monoisotopic (exact) mass is 218 g/mol. The van der Waals surface area contributed by atoms with Gasteiger partial charge in [0.2, 0.25) is 0 Å². The van der Waals surface area contributed by atoms with E-state index in [4.69, 9.17) is 5.73 Å². The van der Waals surface area contributed by atoms with E-state index >= 15 is 0 Å². The van der Waals surface area contributed by atoms with Gasteiger partial charge in [-0.25, -0.2) is 0 Å². The van der Waals surface area contributed by atoms with Gasteiger partial charge in [0.25, 0.3) is 0 Å². The average Bonchev–Trinajstić information content (AvgIpc) is 2.76. The number of carbonyl (C=O) groups is 1. The summed E-state index contributed by atoms with van der Waals surface area (Å²) in [5, 5.41) is 3.35. The zero-order valence-electron chi connectivity index (χ0n) is 9.52. The lowest BCUT2D eigenvalue weighted by Crippen LogP contribution is -2.33.